The van der Waals surface area contributed by atoms with E-state index in [2.05, 4.69) is 4.90 Å². The number of aromatic hydroxyl groups is 3. The lowest BCUT2D eigenvalue weighted by Crippen LogP contribution is -2.47. The van der Waals surface area contributed by atoms with Crippen molar-refractivity contribution in [3.63, 3.8) is 0 Å². The Labute approximate surface area is 265 Å². The normalized spacial score (nSPS) is 15.4. The fraction of sp³-hybridized carbons (Fsp3) is 0.265. The molecule has 7 rings (SSSR count). The van der Waals surface area contributed by atoms with Gasteiger partial charge in [0.1, 0.15) is 46.2 Å². The largest absolute Gasteiger partial charge is 0.508 e. The Morgan fingerprint density at radius 1 is 0.957 bits per heavy atom. The van der Waals surface area contributed by atoms with Crippen molar-refractivity contribution in [3.05, 3.63) is 86.6 Å². The molecule has 0 atom stereocenters. The van der Waals surface area contributed by atoms with Gasteiger partial charge in [-0.1, -0.05) is 0 Å². The molecule has 1 aliphatic heterocycles. The molecule has 1 saturated heterocycles. The van der Waals surface area contributed by atoms with Gasteiger partial charge in [0.15, 0.2) is 5.76 Å². The number of hydrogen-bond donors (Lipinski definition) is 4. The third kappa shape index (κ3) is 5.58. The Bertz CT molecular complexity index is 2170. The van der Waals surface area contributed by atoms with Crippen LogP contribution in [0.25, 0.3) is 33.2 Å². The monoisotopic (exact) mass is 643 g/mol. The highest BCUT2D eigenvalue weighted by Crippen LogP contribution is 2.39. The highest BCUT2D eigenvalue weighted by atomic mass is 19.1. The molecule has 242 valence electrons. The van der Waals surface area contributed by atoms with Crippen LogP contribution in [0.5, 0.6) is 23.0 Å². The summed E-state index contributed by atoms with van der Waals surface area (Å²) in [6.45, 7) is 2.97. The predicted octanol–water partition coefficient (Wildman–Crippen LogP) is 4.26. The van der Waals surface area contributed by atoms with E-state index < -0.39 is 34.1 Å². The maximum absolute atomic E-state index is 15.3. The lowest BCUT2D eigenvalue weighted by Gasteiger charge is -2.36. The van der Waals surface area contributed by atoms with E-state index in [1.165, 1.54) is 42.6 Å². The van der Waals surface area contributed by atoms with E-state index in [1.807, 2.05) is 4.90 Å². The summed E-state index contributed by atoms with van der Waals surface area (Å²) in [5.41, 5.74) is -0.613. The Hall–Kier alpha value is -5.56. The lowest BCUT2D eigenvalue weighted by atomic mass is 10.1. The number of carboxylic acids is 1. The number of aromatic nitrogens is 1. The van der Waals surface area contributed by atoms with Crippen molar-refractivity contribution in [2.75, 3.05) is 44.2 Å². The zero-order valence-electron chi connectivity index (χ0n) is 25.0. The van der Waals surface area contributed by atoms with Crippen LogP contribution in [-0.4, -0.2) is 75.2 Å². The van der Waals surface area contributed by atoms with Crippen molar-refractivity contribution in [1.29, 1.82) is 0 Å². The molecule has 3 aromatic carbocycles. The number of aromatic carboxylic acids is 1. The van der Waals surface area contributed by atoms with E-state index in [9.17, 15) is 34.8 Å². The van der Waals surface area contributed by atoms with E-state index in [1.54, 1.807) is 10.6 Å². The summed E-state index contributed by atoms with van der Waals surface area (Å²) in [4.78, 5) is 41.3. The molecule has 47 heavy (non-hydrogen) atoms. The Kier molecular flexibility index (Phi) is 7.47. The molecule has 2 fully saturated rings. The number of nitrogens with zero attached hydrogens (tertiary/aromatic N) is 3. The van der Waals surface area contributed by atoms with Crippen LogP contribution in [0.15, 0.2) is 68.7 Å². The first-order valence-electron chi connectivity index (χ1n) is 15.1. The number of rotatable bonds is 8. The number of ether oxygens (including phenoxy) is 1. The first kappa shape index (κ1) is 30.1. The average molecular weight is 644 g/mol. The molecule has 13 heteroatoms. The molecule has 5 aromatic rings. The Morgan fingerprint density at radius 3 is 2.36 bits per heavy atom. The minimum absolute atomic E-state index is 0.00469. The highest BCUT2D eigenvalue weighted by molar-refractivity contribution is 5.94. The van der Waals surface area contributed by atoms with Crippen LogP contribution in [0, 0.1) is 5.82 Å². The second kappa shape index (κ2) is 11.7. The number of phenolic OH excluding ortho intramolecular Hbond substituents is 2. The highest BCUT2D eigenvalue weighted by Gasteiger charge is 2.29. The molecule has 4 N–H and O–H groups in total. The van der Waals surface area contributed by atoms with Gasteiger partial charge in [-0.2, -0.15) is 0 Å². The number of pyridine rings is 1. The molecule has 0 bridgehead atoms. The number of anilines is 1. The molecule has 0 radical (unpaired) electrons. The summed E-state index contributed by atoms with van der Waals surface area (Å²) in [6.07, 6.45) is 3.09. The minimum atomic E-state index is -1.33. The minimum Gasteiger partial charge on any atom is -0.508 e. The fourth-order valence-electron chi connectivity index (χ4n) is 6.07. The summed E-state index contributed by atoms with van der Waals surface area (Å²) in [6, 6.07) is 11.4. The third-order valence-corrected chi connectivity index (χ3v) is 8.71. The molecule has 2 aromatic heterocycles. The summed E-state index contributed by atoms with van der Waals surface area (Å²) in [7, 11) is 0. The van der Waals surface area contributed by atoms with Crippen molar-refractivity contribution in [1.82, 2.24) is 9.47 Å². The van der Waals surface area contributed by atoms with Gasteiger partial charge in [0.2, 0.25) is 16.6 Å². The van der Waals surface area contributed by atoms with Crippen molar-refractivity contribution in [2.45, 2.75) is 18.9 Å². The second-order valence-electron chi connectivity index (χ2n) is 11.8. The number of piperazine rings is 1. The molecule has 2 aliphatic rings. The summed E-state index contributed by atoms with van der Waals surface area (Å²) >= 11 is 0. The zero-order chi connectivity index (χ0) is 33.0. The van der Waals surface area contributed by atoms with Gasteiger partial charge in [-0.15, -0.1) is 0 Å². The number of fused-ring (bicyclic) bond motifs is 2. The molecule has 3 heterocycles. The van der Waals surface area contributed by atoms with Gasteiger partial charge >= 0.3 is 5.97 Å². The van der Waals surface area contributed by atoms with Gasteiger partial charge in [-0.25, -0.2) is 9.18 Å². The first-order valence-corrected chi connectivity index (χ1v) is 15.1. The molecular weight excluding hydrogens is 613 g/mol. The smallest absolute Gasteiger partial charge is 0.341 e. The number of carboxylic acid groups (broad SMARTS) is 1. The van der Waals surface area contributed by atoms with E-state index >= 15 is 4.39 Å². The van der Waals surface area contributed by atoms with Gasteiger partial charge in [0.05, 0.1) is 11.2 Å². The van der Waals surface area contributed by atoms with Crippen molar-refractivity contribution >= 4 is 33.5 Å². The van der Waals surface area contributed by atoms with E-state index in [0.29, 0.717) is 49.5 Å². The number of carbonyl (C=O) groups is 1. The maximum atomic E-state index is 15.3. The molecule has 0 spiro atoms. The number of hydrogen-bond acceptors (Lipinski definition) is 10. The standard InChI is InChI=1S/C34H30FN3O9/c35-24-15-22-25(38(19-3-4-19)17-23(30(22)41)34(44)45)16-26(24)37-9-7-36(8-10-37)11-12-46-21-13-27(40)29-28(14-21)47-33(32(43)31(29)42)18-1-5-20(39)6-2-18/h1-2,5-6,13-17,19,39-40,43H,3-4,7-12H2,(H,44,45). The van der Waals surface area contributed by atoms with Crippen LogP contribution in [-0.2, 0) is 0 Å². The van der Waals surface area contributed by atoms with Crippen LogP contribution >= 0.6 is 0 Å². The maximum Gasteiger partial charge on any atom is 0.341 e. The van der Waals surface area contributed by atoms with Gasteiger partial charge in [0, 0.05) is 68.0 Å². The van der Waals surface area contributed by atoms with Crippen LogP contribution in [0.2, 0.25) is 0 Å². The van der Waals surface area contributed by atoms with Crippen molar-refractivity contribution in [2.24, 2.45) is 0 Å². The summed E-state index contributed by atoms with van der Waals surface area (Å²) in [5.74, 6) is -2.84. The molecule has 1 saturated carbocycles. The summed E-state index contributed by atoms with van der Waals surface area (Å²) < 4.78 is 28.8. The zero-order valence-corrected chi connectivity index (χ0v) is 25.0. The quantitative estimate of drug-likeness (QED) is 0.191. The van der Waals surface area contributed by atoms with Crippen molar-refractivity contribution in [3.8, 4) is 34.3 Å². The van der Waals surface area contributed by atoms with E-state index in [4.69, 9.17) is 9.15 Å². The SMILES string of the molecule is O=C(O)c1cn(C2CC2)c2cc(N3CCN(CCOc4cc(O)c5c(=O)c(O)c(-c6ccc(O)cc6)oc5c4)CC3)c(F)cc2c1=O. The Balaban J connectivity index is 1.03. The van der Waals surface area contributed by atoms with E-state index in [0.717, 1.165) is 18.9 Å². The number of phenols is 2. The van der Waals surface area contributed by atoms with Gasteiger partial charge in [-0.3, -0.25) is 14.5 Å². The van der Waals surface area contributed by atoms with Gasteiger partial charge < -0.3 is 39.0 Å². The topological polar surface area (TPSA) is 166 Å². The van der Waals surface area contributed by atoms with Crippen LogP contribution < -0.4 is 20.5 Å². The van der Waals surface area contributed by atoms with Gasteiger partial charge in [0.25, 0.3) is 0 Å². The third-order valence-electron chi connectivity index (χ3n) is 8.71. The summed E-state index contributed by atoms with van der Waals surface area (Å²) in [5, 5.41) is 39.9. The van der Waals surface area contributed by atoms with Gasteiger partial charge in [-0.05, 0) is 49.2 Å². The predicted molar refractivity (Wildman–Crippen MR) is 170 cm³/mol. The molecule has 0 amide bonds. The molecule has 12 nitrogen and oxygen atoms in total. The van der Waals surface area contributed by atoms with E-state index in [-0.39, 0.29) is 51.8 Å². The molecular formula is C34H30FN3O9. The first-order chi connectivity index (χ1) is 22.6. The second-order valence-corrected chi connectivity index (χ2v) is 11.8. The molecule has 0 unspecified atom stereocenters. The number of halogens is 1. The lowest BCUT2D eigenvalue weighted by molar-refractivity contribution is 0.0694. The van der Waals surface area contributed by atoms with Crippen LogP contribution in [0.4, 0.5) is 10.1 Å². The van der Waals surface area contributed by atoms with Crippen molar-refractivity contribution < 1.29 is 38.8 Å². The average Bonchev–Trinajstić information content (AvgIpc) is 3.89. The number of benzene rings is 3. The fourth-order valence-corrected chi connectivity index (χ4v) is 6.07. The van der Waals surface area contributed by atoms with Crippen LogP contribution in [0.1, 0.15) is 29.2 Å². The van der Waals surface area contributed by atoms with Crippen LogP contribution in [0.3, 0.4) is 0 Å². The Morgan fingerprint density at radius 2 is 1.68 bits per heavy atom. The molecule has 1 aliphatic carbocycles.